The van der Waals surface area contributed by atoms with Crippen LogP contribution in [0.1, 0.15) is 35.7 Å². The molecule has 0 aliphatic carbocycles. The number of carbonyl (C=O) groups is 2. The molecule has 0 saturated heterocycles. The van der Waals surface area contributed by atoms with Crippen LogP contribution in [0, 0.1) is 0 Å². The maximum Gasteiger partial charge on any atom is 0.416 e. The quantitative estimate of drug-likeness (QED) is 0.619. The van der Waals surface area contributed by atoms with E-state index in [-0.39, 0.29) is 12.0 Å². The Morgan fingerprint density at radius 1 is 1.17 bits per heavy atom. The van der Waals surface area contributed by atoms with Crippen LogP contribution in [0.4, 0.5) is 13.2 Å². The van der Waals surface area contributed by atoms with Crippen molar-refractivity contribution in [1.82, 2.24) is 0 Å². The van der Waals surface area contributed by atoms with Crippen LogP contribution in [-0.4, -0.2) is 11.9 Å². The zero-order chi connectivity index (χ0) is 13.8. The van der Waals surface area contributed by atoms with Crippen LogP contribution in [0.3, 0.4) is 0 Å². The average Bonchev–Trinajstić information content (AvgIpc) is 2.28. The predicted octanol–water partition coefficient (Wildman–Crippen LogP) is 3.19. The maximum atomic E-state index is 12.3. The van der Waals surface area contributed by atoms with E-state index in [4.69, 9.17) is 0 Å². The minimum Gasteiger partial charge on any atom is -0.389 e. The van der Waals surface area contributed by atoms with Crippen LogP contribution in [0.15, 0.2) is 24.3 Å². The molecular weight excluding hydrogens is 249 g/mol. The molecule has 1 rings (SSSR count). The van der Waals surface area contributed by atoms with Crippen LogP contribution >= 0.6 is 0 Å². The Morgan fingerprint density at radius 3 is 2.17 bits per heavy atom. The minimum absolute atomic E-state index is 0.0897. The van der Waals surface area contributed by atoms with Gasteiger partial charge in [-0.2, -0.15) is 13.2 Å². The smallest absolute Gasteiger partial charge is 0.389 e. The van der Waals surface area contributed by atoms with Crippen molar-refractivity contribution in [3.8, 4) is 0 Å². The lowest BCUT2D eigenvalue weighted by molar-refractivity contribution is -0.139. The van der Waals surface area contributed by atoms with Crippen molar-refractivity contribution in [2.45, 2.75) is 25.9 Å². The molecule has 0 atom stereocenters. The summed E-state index contributed by atoms with van der Waals surface area (Å²) in [6, 6.07) is 3.48. The van der Waals surface area contributed by atoms with E-state index in [0.717, 1.165) is 24.3 Å². The summed E-state index contributed by atoms with van der Waals surface area (Å²) in [4.78, 5) is 22.4. The Bertz CT molecular complexity index is 435. The van der Waals surface area contributed by atoms with Crippen LogP contribution in [0.2, 0.25) is 0 Å². The van der Waals surface area contributed by atoms with Gasteiger partial charge >= 0.3 is 18.1 Å². The van der Waals surface area contributed by atoms with E-state index >= 15 is 0 Å². The second-order valence-electron chi connectivity index (χ2n) is 3.59. The molecule has 0 amide bonds. The summed E-state index contributed by atoms with van der Waals surface area (Å²) in [6.07, 6.45) is -3.84. The van der Waals surface area contributed by atoms with Gasteiger partial charge in [0.2, 0.25) is 0 Å². The lowest BCUT2D eigenvalue weighted by atomic mass is 10.1. The molecule has 6 heteroatoms. The SMILES string of the molecule is CCCC(=O)OC(=O)c1ccc(C(F)(F)F)cc1. The highest BCUT2D eigenvalue weighted by atomic mass is 19.4. The average molecular weight is 260 g/mol. The molecule has 18 heavy (non-hydrogen) atoms. The van der Waals surface area contributed by atoms with E-state index in [9.17, 15) is 22.8 Å². The summed E-state index contributed by atoms with van der Waals surface area (Å²) in [5.41, 5.74) is -0.952. The maximum absolute atomic E-state index is 12.3. The van der Waals surface area contributed by atoms with Crippen molar-refractivity contribution in [2.24, 2.45) is 0 Å². The first-order valence-corrected chi connectivity index (χ1v) is 5.27. The van der Waals surface area contributed by atoms with Gasteiger partial charge in [0.15, 0.2) is 0 Å². The van der Waals surface area contributed by atoms with Gasteiger partial charge in [-0.3, -0.25) is 4.79 Å². The fourth-order valence-electron chi connectivity index (χ4n) is 1.21. The zero-order valence-corrected chi connectivity index (χ0v) is 9.58. The highest BCUT2D eigenvalue weighted by molar-refractivity contribution is 5.96. The number of hydrogen-bond acceptors (Lipinski definition) is 3. The summed E-state index contributed by atoms with van der Waals surface area (Å²) in [6.45, 7) is 1.74. The van der Waals surface area contributed by atoms with E-state index in [1.807, 2.05) is 0 Å². The first-order valence-electron chi connectivity index (χ1n) is 5.27. The Morgan fingerprint density at radius 2 is 1.72 bits per heavy atom. The number of hydrogen-bond donors (Lipinski definition) is 0. The third-order valence-electron chi connectivity index (χ3n) is 2.11. The lowest BCUT2D eigenvalue weighted by Crippen LogP contribution is -2.12. The van der Waals surface area contributed by atoms with Gasteiger partial charge in [0, 0.05) is 6.42 Å². The molecule has 0 aromatic heterocycles. The van der Waals surface area contributed by atoms with Crippen LogP contribution in [0.25, 0.3) is 0 Å². The van der Waals surface area contributed by atoms with Gasteiger partial charge in [0.1, 0.15) is 0 Å². The van der Waals surface area contributed by atoms with Crippen molar-refractivity contribution in [1.29, 1.82) is 0 Å². The van der Waals surface area contributed by atoms with Gasteiger partial charge in [0.25, 0.3) is 0 Å². The summed E-state index contributed by atoms with van der Waals surface area (Å²) < 4.78 is 41.2. The normalized spacial score (nSPS) is 11.1. The standard InChI is InChI=1S/C12H11F3O3/c1-2-3-10(16)18-11(17)8-4-6-9(7-5-8)12(13,14)15/h4-7H,2-3H2,1H3. The number of halogens is 3. The van der Waals surface area contributed by atoms with Gasteiger partial charge in [-0.25, -0.2) is 4.79 Å². The molecular formula is C12H11F3O3. The summed E-state index contributed by atoms with van der Waals surface area (Å²) in [7, 11) is 0. The number of alkyl halides is 3. The number of ether oxygens (including phenoxy) is 1. The number of esters is 2. The fraction of sp³-hybridized carbons (Fsp3) is 0.333. The molecule has 0 saturated carbocycles. The van der Waals surface area contributed by atoms with Crippen LogP contribution in [-0.2, 0) is 15.7 Å². The van der Waals surface area contributed by atoms with Crippen molar-refractivity contribution >= 4 is 11.9 Å². The van der Waals surface area contributed by atoms with E-state index in [1.165, 1.54) is 0 Å². The summed E-state index contributed by atoms with van der Waals surface area (Å²) in [5, 5.41) is 0. The molecule has 1 aromatic rings. The third-order valence-corrected chi connectivity index (χ3v) is 2.11. The van der Waals surface area contributed by atoms with Crippen molar-refractivity contribution in [3.63, 3.8) is 0 Å². The van der Waals surface area contributed by atoms with Gasteiger partial charge < -0.3 is 4.74 Å². The molecule has 0 aliphatic heterocycles. The van der Waals surface area contributed by atoms with E-state index in [2.05, 4.69) is 4.74 Å². The van der Waals surface area contributed by atoms with Gasteiger partial charge in [-0.15, -0.1) is 0 Å². The highest BCUT2D eigenvalue weighted by Crippen LogP contribution is 2.29. The molecule has 0 bridgehead atoms. The second-order valence-corrected chi connectivity index (χ2v) is 3.59. The van der Waals surface area contributed by atoms with E-state index in [1.54, 1.807) is 6.92 Å². The first kappa shape index (κ1) is 14.2. The largest absolute Gasteiger partial charge is 0.416 e. The highest BCUT2D eigenvalue weighted by Gasteiger charge is 2.30. The monoisotopic (exact) mass is 260 g/mol. The second kappa shape index (κ2) is 5.66. The first-order chi connectivity index (χ1) is 8.34. The topological polar surface area (TPSA) is 43.4 Å². The number of benzene rings is 1. The molecule has 3 nitrogen and oxygen atoms in total. The molecule has 0 unspecified atom stereocenters. The predicted molar refractivity (Wildman–Crippen MR) is 56.8 cm³/mol. The Kier molecular flexibility index (Phi) is 4.47. The molecule has 0 heterocycles. The molecule has 0 spiro atoms. The molecule has 0 N–H and O–H groups in total. The van der Waals surface area contributed by atoms with Crippen molar-refractivity contribution < 1.29 is 27.5 Å². The third kappa shape index (κ3) is 3.87. The van der Waals surface area contributed by atoms with Crippen LogP contribution in [0.5, 0.6) is 0 Å². The summed E-state index contributed by atoms with van der Waals surface area (Å²) in [5.74, 6) is -1.63. The Labute approximate surface area is 102 Å². The Balaban J connectivity index is 2.74. The molecule has 0 fully saturated rings. The van der Waals surface area contributed by atoms with Gasteiger partial charge in [-0.05, 0) is 30.7 Å². The summed E-state index contributed by atoms with van der Waals surface area (Å²) >= 11 is 0. The number of rotatable bonds is 3. The van der Waals surface area contributed by atoms with Crippen molar-refractivity contribution in [2.75, 3.05) is 0 Å². The number of carbonyl (C=O) groups excluding carboxylic acids is 2. The minimum atomic E-state index is -4.46. The molecule has 1 aromatic carbocycles. The van der Waals surface area contributed by atoms with E-state index in [0.29, 0.717) is 6.42 Å². The Hall–Kier alpha value is -1.85. The molecule has 98 valence electrons. The molecule has 0 radical (unpaired) electrons. The van der Waals surface area contributed by atoms with E-state index < -0.39 is 23.7 Å². The van der Waals surface area contributed by atoms with Crippen LogP contribution < -0.4 is 0 Å². The van der Waals surface area contributed by atoms with Crippen molar-refractivity contribution in [3.05, 3.63) is 35.4 Å². The van der Waals surface area contributed by atoms with Gasteiger partial charge in [-0.1, -0.05) is 6.92 Å². The zero-order valence-electron chi connectivity index (χ0n) is 9.58. The molecule has 0 aliphatic rings. The lowest BCUT2D eigenvalue weighted by Gasteiger charge is -2.07. The fourth-order valence-corrected chi connectivity index (χ4v) is 1.21. The van der Waals surface area contributed by atoms with Gasteiger partial charge in [0.05, 0.1) is 11.1 Å².